The maximum absolute atomic E-state index is 11.9. The van der Waals surface area contributed by atoms with Crippen molar-refractivity contribution in [2.45, 2.75) is 19.9 Å². The van der Waals surface area contributed by atoms with Crippen molar-refractivity contribution >= 4 is 17.7 Å². The van der Waals surface area contributed by atoms with Gasteiger partial charge in [0.15, 0.2) is 0 Å². The Hall–Kier alpha value is -2.24. The molecule has 1 atom stereocenters. The first kappa shape index (κ1) is 15.2. The molecular formula is C15H21N3O3. The minimum Gasteiger partial charge on any atom is -0.480 e. The number of urea groups is 1. The number of benzene rings is 1. The molecule has 0 aliphatic carbocycles. The summed E-state index contributed by atoms with van der Waals surface area (Å²) in [5.74, 6) is -1.03. The number of amides is 2. The van der Waals surface area contributed by atoms with Crippen LogP contribution in [0.5, 0.6) is 0 Å². The SMILES string of the molecule is Cc1cccc(N2CCN(C(=O)NC(C)C(=O)O)CC2)c1. The van der Waals surface area contributed by atoms with Gasteiger partial charge in [-0.3, -0.25) is 4.79 Å². The van der Waals surface area contributed by atoms with Crippen LogP contribution in [-0.4, -0.2) is 54.2 Å². The topological polar surface area (TPSA) is 72.9 Å². The predicted octanol–water partition coefficient (Wildman–Crippen LogP) is 1.30. The van der Waals surface area contributed by atoms with Crippen LogP contribution in [0.1, 0.15) is 12.5 Å². The number of anilines is 1. The van der Waals surface area contributed by atoms with Gasteiger partial charge in [-0.15, -0.1) is 0 Å². The van der Waals surface area contributed by atoms with Crippen LogP contribution in [0, 0.1) is 6.92 Å². The number of nitrogens with zero attached hydrogens (tertiary/aromatic N) is 2. The first-order valence-electron chi connectivity index (χ1n) is 7.07. The van der Waals surface area contributed by atoms with Crippen molar-refractivity contribution in [2.24, 2.45) is 0 Å². The van der Waals surface area contributed by atoms with Crippen molar-refractivity contribution in [3.8, 4) is 0 Å². The van der Waals surface area contributed by atoms with Crippen LogP contribution in [0.3, 0.4) is 0 Å². The number of nitrogens with one attached hydrogen (secondary N) is 1. The first-order chi connectivity index (χ1) is 9.97. The maximum Gasteiger partial charge on any atom is 0.325 e. The fourth-order valence-electron chi connectivity index (χ4n) is 2.33. The number of hydrogen-bond acceptors (Lipinski definition) is 3. The van der Waals surface area contributed by atoms with E-state index in [4.69, 9.17) is 5.11 Å². The van der Waals surface area contributed by atoms with E-state index in [1.807, 2.05) is 6.07 Å². The Kier molecular flexibility index (Phi) is 4.67. The molecule has 1 aliphatic rings. The number of hydrogen-bond donors (Lipinski definition) is 2. The minimum absolute atomic E-state index is 0.311. The molecule has 1 heterocycles. The Bertz CT molecular complexity index is 525. The monoisotopic (exact) mass is 291 g/mol. The molecular weight excluding hydrogens is 270 g/mol. The van der Waals surface area contributed by atoms with Gasteiger partial charge in [-0.1, -0.05) is 12.1 Å². The van der Waals surface area contributed by atoms with Gasteiger partial charge in [0.25, 0.3) is 0 Å². The molecule has 1 aliphatic heterocycles. The van der Waals surface area contributed by atoms with Crippen molar-refractivity contribution in [1.82, 2.24) is 10.2 Å². The molecule has 2 amide bonds. The number of aliphatic carboxylic acids is 1. The molecule has 1 unspecified atom stereocenters. The molecule has 6 nitrogen and oxygen atoms in total. The van der Waals surface area contributed by atoms with Crippen LogP contribution in [0.4, 0.5) is 10.5 Å². The van der Waals surface area contributed by atoms with E-state index < -0.39 is 12.0 Å². The lowest BCUT2D eigenvalue weighted by atomic mass is 10.2. The van der Waals surface area contributed by atoms with Crippen LogP contribution in [-0.2, 0) is 4.79 Å². The van der Waals surface area contributed by atoms with E-state index in [9.17, 15) is 9.59 Å². The van der Waals surface area contributed by atoms with Crippen LogP contribution in [0.2, 0.25) is 0 Å². The lowest BCUT2D eigenvalue weighted by Crippen LogP contribution is -2.54. The third-order valence-corrected chi connectivity index (χ3v) is 3.64. The Morgan fingerprint density at radius 1 is 1.24 bits per heavy atom. The molecule has 21 heavy (non-hydrogen) atoms. The van der Waals surface area contributed by atoms with Gasteiger partial charge in [0, 0.05) is 31.9 Å². The highest BCUT2D eigenvalue weighted by atomic mass is 16.4. The van der Waals surface area contributed by atoms with Crippen molar-refractivity contribution in [3.05, 3.63) is 29.8 Å². The van der Waals surface area contributed by atoms with Crippen LogP contribution in [0.25, 0.3) is 0 Å². The predicted molar refractivity (Wildman–Crippen MR) is 80.6 cm³/mol. The van der Waals surface area contributed by atoms with Gasteiger partial charge in [-0.2, -0.15) is 0 Å². The second-order valence-electron chi connectivity index (χ2n) is 5.32. The normalized spacial score (nSPS) is 16.5. The molecule has 0 saturated carbocycles. The minimum atomic E-state index is -1.03. The quantitative estimate of drug-likeness (QED) is 0.880. The van der Waals surface area contributed by atoms with Crippen LogP contribution in [0.15, 0.2) is 24.3 Å². The van der Waals surface area contributed by atoms with E-state index >= 15 is 0 Å². The summed E-state index contributed by atoms with van der Waals surface area (Å²) in [5.41, 5.74) is 2.37. The Labute approximate surface area is 124 Å². The second-order valence-corrected chi connectivity index (χ2v) is 5.32. The van der Waals surface area contributed by atoms with Crippen LogP contribution < -0.4 is 10.2 Å². The fraction of sp³-hybridized carbons (Fsp3) is 0.467. The number of carboxylic acids is 1. The molecule has 1 aromatic carbocycles. The van der Waals surface area contributed by atoms with E-state index in [2.05, 4.69) is 35.3 Å². The summed E-state index contributed by atoms with van der Waals surface area (Å²) >= 11 is 0. The third-order valence-electron chi connectivity index (χ3n) is 3.64. The van der Waals surface area contributed by atoms with Crippen molar-refractivity contribution in [1.29, 1.82) is 0 Å². The Morgan fingerprint density at radius 2 is 1.90 bits per heavy atom. The van der Waals surface area contributed by atoms with Gasteiger partial charge in [-0.25, -0.2) is 4.79 Å². The highest BCUT2D eigenvalue weighted by Gasteiger charge is 2.23. The zero-order valence-corrected chi connectivity index (χ0v) is 12.4. The molecule has 0 radical (unpaired) electrons. The van der Waals surface area contributed by atoms with Gasteiger partial charge < -0.3 is 20.2 Å². The molecule has 2 rings (SSSR count). The van der Waals surface area contributed by atoms with Gasteiger partial charge in [0.05, 0.1) is 0 Å². The summed E-state index contributed by atoms with van der Waals surface area (Å²) in [7, 11) is 0. The average Bonchev–Trinajstić information content (AvgIpc) is 2.47. The first-order valence-corrected chi connectivity index (χ1v) is 7.07. The van der Waals surface area contributed by atoms with E-state index in [1.54, 1.807) is 4.90 Å². The summed E-state index contributed by atoms with van der Waals surface area (Å²) in [5, 5.41) is 11.3. The fourth-order valence-corrected chi connectivity index (χ4v) is 2.33. The summed E-state index contributed by atoms with van der Waals surface area (Å²) in [6, 6.07) is 7.09. The summed E-state index contributed by atoms with van der Waals surface area (Å²) in [6.45, 7) is 6.19. The van der Waals surface area contributed by atoms with Gasteiger partial charge in [-0.05, 0) is 31.5 Å². The molecule has 0 spiro atoms. The van der Waals surface area contributed by atoms with Crippen molar-refractivity contribution in [2.75, 3.05) is 31.1 Å². The van der Waals surface area contributed by atoms with Crippen LogP contribution >= 0.6 is 0 Å². The van der Waals surface area contributed by atoms with E-state index in [1.165, 1.54) is 12.5 Å². The molecule has 0 bridgehead atoms. The number of carboxylic acid groups (broad SMARTS) is 1. The molecule has 1 aromatic rings. The largest absolute Gasteiger partial charge is 0.480 e. The molecule has 6 heteroatoms. The summed E-state index contributed by atoms with van der Waals surface area (Å²) in [4.78, 5) is 26.6. The van der Waals surface area contributed by atoms with Crippen molar-refractivity contribution in [3.63, 3.8) is 0 Å². The van der Waals surface area contributed by atoms with Gasteiger partial charge >= 0.3 is 12.0 Å². The summed E-state index contributed by atoms with van der Waals surface area (Å²) < 4.78 is 0. The summed E-state index contributed by atoms with van der Waals surface area (Å²) in [6.07, 6.45) is 0. The molecule has 114 valence electrons. The lowest BCUT2D eigenvalue weighted by molar-refractivity contribution is -0.138. The lowest BCUT2D eigenvalue weighted by Gasteiger charge is -2.36. The maximum atomic E-state index is 11.9. The molecule has 2 N–H and O–H groups in total. The number of piperazine rings is 1. The molecule has 1 fully saturated rings. The van der Waals surface area contributed by atoms with Crippen molar-refractivity contribution < 1.29 is 14.7 Å². The third kappa shape index (κ3) is 3.87. The van der Waals surface area contributed by atoms with E-state index in [0.29, 0.717) is 13.1 Å². The number of carbonyl (C=O) groups excluding carboxylic acids is 1. The van der Waals surface area contributed by atoms with E-state index in [0.717, 1.165) is 18.8 Å². The molecule has 0 aromatic heterocycles. The second kappa shape index (κ2) is 6.47. The number of rotatable bonds is 3. The zero-order valence-electron chi connectivity index (χ0n) is 12.4. The Balaban J connectivity index is 1.88. The zero-order chi connectivity index (χ0) is 15.4. The van der Waals surface area contributed by atoms with Gasteiger partial charge in [0.1, 0.15) is 6.04 Å². The highest BCUT2D eigenvalue weighted by Crippen LogP contribution is 2.17. The van der Waals surface area contributed by atoms with E-state index in [-0.39, 0.29) is 6.03 Å². The standard InChI is InChI=1S/C15H21N3O3/c1-11-4-3-5-13(10-11)17-6-8-18(9-7-17)15(21)16-12(2)14(19)20/h3-5,10,12H,6-9H2,1-2H3,(H,16,21)(H,19,20). The number of carbonyl (C=O) groups is 2. The Morgan fingerprint density at radius 3 is 2.48 bits per heavy atom. The highest BCUT2D eigenvalue weighted by molar-refractivity contribution is 5.82. The smallest absolute Gasteiger partial charge is 0.325 e. The average molecular weight is 291 g/mol. The molecule has 1 saturated heterocycles. The van der Waals surface area contributed by atoms with Gasteiger partial charge in [0.2, 0.25) is 0 Å². The number of aryl methyl sites for hydroxylation is 1.